The van der Waals surface area contributed by atoms with Gasteiger partial charge in [0.2, 0.25) is 0 Å². The van der Waals surface area contributed by atoms with Gasteiger partial charge >= 0.3 is 0 Å². The summed E-state index contributed by atoms with van der Waals surface area (Å²) in [6, 6.07) is 0. The molecular formula is C7H6Br3NO. The largest absolute Gasteiger partial charge is 0.491 e. The molecule has 1 aromatic heterocycles. The van der Waals surface area contributed by atoms with Gasteiger partial charge in [0.1, 0.15) is 4.60 Å². The van der Waals surface area contributed by atoms with Crippen molar-refractivity contribution in [3.63, 3.8) is 0 Å². The molecule has 0 aromatic carbocycles. The minimum Gasteiger partial charge on any atom is -0.491 e. The Morgan fingerprint density at radius 1 is 1.42 bits per heavy atom. The SMILES string of the molecule is CCOc1c(Br)cnc(Br)c1Br. The molecule has 0 saturated heterocycles. The summed E-state index contributed by atoms with van der Waals surface area (Å²) >= 11 is 10.0. The van der Waals surface area contributed by atoms with Crippen LogP contribution in [0.25, 0.3) is 0 Å². The van der Waals surface area contributed by atoms with E-state index in [9.17, 15) is 0 Å². The Hall–Kier alpha value is 0.390. The van der Waals surface area contributed by atoms with E-state index in [-0.39, 0.29) is 0 Å². The first kappa shape index (κ1) is 10.5. The number of hydrogen-bond acceptors (Lipinski definition) is 2. The first-order chi connectivity index (χ1) is 5.66. The maximum absolute atomic E-state index is 5.38. The van der Waals surface area contributed by atoms with E-state index in [1.54, 1.807) is 6.20 Å². The second-order valence-electron chi connectivity index (χ2n) is 1.97. The van der Waals surface area contributed by atoms with Crippen LogP contribution in [-0.2, 0) is 0 Å². The molecule has 2 nitrogen and oxygen atoms in total. The van der Waals surface area contributed by atoms with E-state index >= 15 is 0 Å². The number of hydrogen-bond donors (Lipinski definition) is 0. The maximum atomic E-state index is 5.38. The van der Waals surface area contributed by atoms with Gasteiger partial charge in [0.05, 0.1) is 15.6 Å². The Kier molecular flexibility index (Phi) is 3.99. The molecule has 0 unspecified atom stereocenters. The van der Waals surface area contributed by atoms with Gasteiger partial charge in [-0.3, -0.25) is 0 Å². The van der Waals surface area contributed by atoms with Crippen LogP contribution in [-0.4, -0.2) is 11.6 Å². The Morgan fingerprint density at radius 2 is 2.08 bits per heavy atom. The minimum absolute atomic E-state index is 0.633. The molecule has 0 aliphatic rings. The second kappa shape index (κ2) is 4.58. The Labute approximate surface area is 96.1 Å². The van der Waals surface area contributed by atoms with E-state index in [4.69, 9.17) is 4.74 Å². The molecule has 66 valence electrons. The molecule has 5 heteroatoms. The highest BCUT2D eigenvalue weighted by Gasteiger charge is 2.09. The van der Waals surface area contributed by atoms with Crippen LogP contribution in [0.15, 0.2) is 19.7 Å². The molecule has 12 heavy (non-hydrogen) atoms. The van der Waals surface area contributed by atoms with E-state index in [0.29, 0.717) is 6.61 Å². The van der Waals surface area contributed by atoms with Crippen LogP contribution in [0.5, 0.6) is 5.75 Å². The lowest BCUT2D eigenvalue weighted by atomic mass is 10.4. The summed E-state index contributed by atoms with van der Waals surface area (Å²) in [5.74, 6) is 0.777. The van der Waals surface area contributed by atoms with Gasteiger partial charge in [-0.15, -0.1) is 0 Å². The summed E-state index contributed by atoms with van der Waals surface area (Å²) in [7, 11) is 0. The van der Waals surface area contributed by atoms with Gasteiger partial charge in [-0.25, -0.2) is 4.98 Å². The van der Waals surface area contributed by atoms with Gasteiger partial charge < -0.3 is 4.74 Å². The normalized spacial score (nSPS) is 10.0. The highest BCUT2D eigenvalue weighted by Crippen LogP contribution is 2.36. The van der Waals surface area contributed by atoms with Gasteiger partial charge in [-0.2, -0.15) is 0 Å². The first-order valence-electron chi connectivity index (χ1n) is 3.29. The van der Waals surface area contributed by atoms with Crippen molar-refractivity contribution in [1.82, 2.24) is 4.98 Å². The number of pyridine rings is 1. The average molecular weight is 360 g/mol. The number of aromatic nitrogens is 1. The van der Waals surface area contributed by atoms with Crippen LogP contribution in [0, 0.1) is 0 Å². The van der Waals surface area contributed by atoms with Gasteiger partial charge in [-0.1, -0.05) is 0 Å². The molecule has 0 radical (unpaired) electrons. The summed E-state index contributed by atoms with van der Waals surface area (Å²) in [5.41, 5.74) is 0. The van der Waals surface area contributed by atoms with Crippen LogP contribution in [0.2, 0.25) is 0 Å². The summed E-state index contributed by atoms with van der Waals surface area (Å²) in [6.45, 7) is 2.57. The van der Waals surface area contributed by atoms with Crippen molar-refractivity contribution in [1.29, 1.82) is 0 Å². The predicted octanol–water partition coefficient (Wildman–Crippen LogP) is 3.77. The molecule has 0 spiro atoms. The zero-order valence-corrected chi connectivity index (χ0v) is 11.0. The number of halogens is 3. The van der Waals surface area contributed by atoms with E-state index in [1.165, 1.54) is 0 Å². The first-order valence-corrected chi connectivity index (χ1v) is 5.67. The van der Waals surface area contributed by atoms with Crippen molar-refractivity contribution in [3.05, 3.63) is 19.7 Å². The van der Waals surface area contributed by atoms with Crippen molar-refractivity contribution >= 4 is 47.8 Å². The minimum atomic E-state index is 0.633. The van der Waals surface area contributed by atoms with Gasteiger partial charge in [-0.05, 0) is 54.7 Å². The molecule has 0 fully saturated rings. The Bertz CT molecular complexity index is 290. The van der Waals surface area contributed by atoms with Gasteiger partial charge in [0.15, 0.2) is 5.75 Å². The molecule has 0 bridgehead atoms. The number of nitrogens with zero attached hydrogens (tertiary/aromatic N) is 1. The molecule has 0 aliphatic carbocycles. The molecule has 0 saturated carbocycles. The standard InChI is InChI=1S/C7H6Br3NO/c1-2-12-6-4(8)3-11-7(10)5(6)9/h3H,2H2,1H3. The highest BCUT2D eigenvalue weighted by atomic mass is 79.9. The fraction of sp³-hybridized carbons (Fsp3) is 0.286. The molecule has 1 rings (SSSR count). The second-order valence-corrected chi connectivity index (χ2v) is 4.37. The zero-order valence-electron chi connectivity index (χ0n) is 6.27. The van der Waals surface area contributed by atoms with Crippen molar-refractivity contribution in [2.45, 2.75) is 6.92 Å². The monoisotopic (exact) mass is 357 g/mol. The smallest absolute Gasteiger partial charge is 0.151 e. The summed E-state index contributed by atoms with van der Waals surface area (Å²) in [4.78, 5) is 4.06. The van der Waals surface area contributed by atoms with E-state index < -0.39 is 0 Å². The third-order valence-electron chi connectivity index (χ3n) is 1.18. The zero-order chi connectivity index (χ0) is 9.14. The molecule has 1 heterocycles. The lowest BCUT2D eigenvalue weighted by Gasteiger charge is -2.08. The average Bonchev–Trinajstić information content (AvgIpc) is 2.06. The maximum Gasteiger partial charge on any atom is 0.151 e. The van der Waals surface area contributed by atoms with E-state index in [1.807, 2.05) is 6.92 Å². The number of ether oxygens (including phenoxy) is 1. The topological polar surface area (TPSA) is 22.1 Å². The lowest BCUT2D eigenvalue weighted by molar-refractivity contribution is 0.335. The Morgan fingerprint density at radius 3 is 2.67 bits per heavy atom. The quantitative estimate of drug-likeness (QED) is 0.750. The van der Waals surface area contributed by atoms with Crippen molar-refractivity contribution < 1.29 is 4.74 Å². The predicted molar refractivity (Wildman–Crippen MR) is 58.5 cm³/mol. The lowest BCUT2D eigenvalue weighted by Crippen LogP contribution is -1.94. The van der Waals surface area contributed by atoms with Crippen molar-refractivity contribution in [3.8, 4) is 5.75 Å². The molecule has 1 aromatic rings. The molecular weight excluding hydrogens is 354 g/mol. The fourth-order valence-corrected chi connectivity index (χ4v) is 2.10. The fourth-order valence-electron chi connectivity index (χ4n) is 0.704. The van der Waals surface area contributed by atoms with Crippen LogP contribution in [0.4, 0.5) is 0 Å². The van der Waals surface area contributed by atoms with Crippen LogP contribution < -0.4 is 4.74 Å². The van der Waals surface area contributed by atoms with Crippen LogP contribution in [0.1, 0.15) is 6.92 Å². The van der Waals surface area contributed by atoms with E-state index in [0.717, 1.165) is 19.3 Å². The third kappa shape index (κ3) is 2.20. The van der Waals surface area contributed by atoms with E-state index in [2.05, 4.69) is 52.8 Å². The van der Waals surface area contributed by atoms with Crippen LogP contribution in [0.3, 0.4) is 0 Å². The molecule has 0 N–H and O–H groups in total. The van der Waals surface area contributed by atoms with Gasteiger partial charge in [0.25, 0.3) is 0 Å². The summed E-state index contributed by atoms with van der Waals surface area (Å²) < 4.78 is 7.81. The van der Waals surface area contributed by atoms with Crippen molar-refractivity contribution in [2.24, 2.45) is 0 Å². The van der Waals surface area contributed by atoms with Gasteiger partial charge in [0, 0.05) is 6.20 Å². The third-order valence-corrected chi connectivity index (χ3v) is 3.61. The van der Waals surface area contributed by atoms with Crippen molar-refractivity contribution in [2.75, 3.05) is 6.61 Å². The molecule has 0 aliphatic heterocycles. The Balaban J connectivity index is 3.14. The molecule has 0 atom stereocenters. The van der Waals surface area contributed by atoms with Crippen LogP contribution >= 0.6 is 47.8 Å². The molecule has 0 amide bonds. The summed E-state index contributed by atoms with van der Waals surface area (Å²) in [5, 5.41) is 0. The number of rotatable bonds is 2. The highest BCUT2D eigenvalue weighted by molar-refractivity contribution is 9.13. The summed E-state index contributed by atoms with van der Waals surface area (Å²) in [6.07, 6.45) is 1.69.